The number of aliphatic hydroxyl groups is 1. The molecule has 0 spiro atoms. The number of aliphatic hydroxyl groups excluding tert-OH is 1. The Morgan fingerprint density at radius 1 is 1.28 bits per heavy atom. The summed E-state index contributed by atoms with van der Waals surface area (Å²) >= 11 is 0. The summed E-state index contributed by atoms with van der Waals surface area (Å²) in [5.74, 6) is -3.38. The molecule has 29 heavy (non-hydrogen) atoms. The normalized spacial score (nSPS) is 33.5. The lowest BCUT2D eigenvalue weighted by Gasteiger charge is -2.31. The average Bonchev–Trinajstić information content (AvgIpc) is 3.19. The number of rotatable bonds is 11. The number of hydrogen-bond donors (Lipinski definition) is 1. The van der Waals surface area contributed by atoms with Crippen molar-refractivity contribution in [1.29, 1.82) is 0 Å². The van der Waals surface area contributed by atoms with Crippen molar-refractivity contribution >= 4 is 5.97 Å². The number of esters is 1. The lowest BCUT2D eigenvalue weighted by atomic mass is 9.86. The first-order chi connectivity index (χ1) is 13.9. The van der Waals surface area contributed by atoms with E-state index in [1.165, 1.54) is 0 Å². The third-order valence-corrected chi connectivity index (χ3v) is 6.74. The van der Waals surface area contributed by atoms with Crippen LogP contribution in [-0.4, -0.2) is 48.2 Å². The summed E-state index contributed by atoms with van der Waals surface area (Å²) in [4.78, 5) is 11.7. The monoisotopic (exact) mass is 418 g/mol. The number of carbonyl (C=O) groups is 1. The summed E-state index contributed by atoms with van der Waals surface area (Å²) in [6.45, 7) is 2.71. The number of fused-ring (bicyclic) bond motifs is 1. The first-order valence-electron chi connectivity index (χ1n) is 11.4. The molecule has 3 fully saturated rings. The molecule has 3 aliphatic rings. The van der Waals surface area contributed by atoms with E-state index in [0.717, 1.165) is 38.5 Å². The maximum atomic E-state index is 14.3. The molecule has 3 unspecified atom stereocenters. The quantitative estimate of drug-likeness (QED) is 0.393. The van der Waals surface area contributed by atoms with E-state index in [1.807, 2.05) is 6.92 Å². The van der Waals surface area contributed by atoms with Gasteiger partial charge in [-0.3, -0.25) is 4.79 Å². The minimum Gasteiger partial charge on any atom is -0.462 e. The zero-order valence-electron chi connectivity index (χ0n) is 17.5. The molecule has 5 nitrogen and oxygen atoms in total. The van der Waals surface area contributed by atoms with Crippen LogP contribution in [0.2, 0.25) is 0 Å². The molecule has 2 saturated heterocycles. The van der Waals surface area contributed by atoms with Gasteiger partial charge in [0.1, 0.15) is 12.2 Å². The Balaban J connectivity index is 1.54. The van der Waals surface area contributed by atoms with Crippen LogP contribution in [0.3, 0.4) is 0 Å². The predicted octanol–water partition coefficient (Wildman–Crippen LogP) is 4.60. The van der Waals surface area contributed by atoms with E-state index >= 15 is 0 Å². The standard InChI is InChI=1S/C22H36F2O5/c1-2-3-4-6-11-22(23,24)19(25)10-9-15-16-13-20(26)28-18(16)14-17(15)29-21-8-5-7-12-27-21/h15-19,21,25H,2-14H2,1H3/t15-,16-,17-,18?,19?,21?/m1/s1. The van der Waals surface area contributed by atoms with Gasteiger partial charge in [0, 0.05) is 25.4 Å². The summed E-state index contributed by atoms with van der Waals surface area (Å²) in [6, 6.07) is 0. The number of ether oxygens (including phenoxy) is 3. The van der Waals surface area contributed by atoms with E-state index in [4.69, 9.17) is 14.2 Å². The molecule has 2 heterocycles. The molecule has 6 atom stereocenters. The number of carbonyl (C=O) groups excluding carboxylic acids is 1. The van der Waals surface area contributed by atoms with Gasteiger partial charge in [0.15, 0.2) is 6.29 Å². The molecule has 0 amide bonds. The van der Waals surface area contributed by atoms with Crippen LogP contribution in [0, 0.1) is 11.8 Å². The number of alkyl halides is 2. The second kappa shape index (κ2) is 10.5. The smallest absolute Gasteiger partial charge is 0.306 e. The van der Waals surface area contributed by atoms with Gasteiger partial charge in [0.2, 0.25) is 0 Å². The highest BCUT2D eigenvalue weighted by molar-refractivity contribution is 5.72. The van der Waals surface area contributed by atoms with Crippen molar-refractivity contribution in [2.75, 3.05) is 6.61 Å². The molecule has 168 valence electrons. The minimum absolute atomic E-state index is 0.00817. The molecular weight excluding hydrogens is 382 g/mol. The molecule has 1 N–H and O–H groups in total. The van der Waals surface area contributed by atoms with E-state index in [0.29, 0.717) is 32.3 Å². The molecule has 1 aliphatic carbocycles. The molecule has 0 aromatic heterocycles. The van der Waals surface area contributed by atoms with Gasteiger partial charge in [0.05, 0.1) is 12.5 Å². The summed E-state index contributed by atoms with van der Waals surface area (Å²) in [7, 11) is 0. The summed E-state index contributed by atoms with van der Waals surface area (Å²) in [5, 5.41) is 10.2. The van der Waals surface area contributed by atoms with Crippen molar-refractivity contribution in [1.82, 2.24) is 0 Å². The van der Waals surface area contributed by atoms with Crippen LogP contribution in [0.1, 0.15) is 84.0 Å². The topological polar surface area (TPSA) is 65.0 Å². The molecule has 0 bridgehead atoms. The summed E-state index contributed by atoms with van der Waals surface area (Å²) in [5.41, 5.74) is 0. The molecule has 3 rings (SSSR count). The van der Waals surface area contributed by atoms with Crippen LogP contribution < -0.4 is 0 Å². The second-order valence-corrected chi connectivity index (χ2v) is 8.93. The number of hydrogen-bond acceptors (Lipinski definition) is 5. The van der Waals surface area contributed by atoms with Gasteiger partial charge >= 0.3 is 5.97 Å². The van der Waals surface area contributed by atoms with Gasteiger partial charge in [-0.25, -0.2) is 8.78 Å². The third-order valence-electron chi connectivity index (χ3n) is 6.74. The van der Waals surface area contributed by atoms with Gasteiger partial charge < -0.3 is 19.3 Å². The van der Waals surface area contributed by atoms with Crippen molar-refractivity contribution in [3.05, 3.63) is 0 Å². The lowest BCUT2D eigenvalue weighted by molar-refractivity contribution is -0.198. The molecule has 0 radical (unpaired) electrons. The molecule has 7 heteroatoms. The predicted molar refractivity (Wildman–Crippen MR) is 104 cm³/mol. The lowest BCUT2D eigenvalue weighted by Crippen LogP contribution is -2.36. The van der Waals surface area contributed by atoms with Crippen molar-refractivity contribution in [2.45, 2.75) is 114 Å². The number of halogens is 2. The maximum absolute atomic E-state index is 14.3. The Bertz CT molecular complexity index is 523. The van der Waals surface area contributed by atoms with Gasteiger partial charge in [-0.1, -0.05) is 26.2 Å². The van der Waals surface area contributed by atoms with Crippen molar-refractivity contribution in [2.24, 2.45) is 11.8 Å². The first-order valence-corrected chi connectivity index (χ1v) is 11.4. The Hall–Kier alpha value is -0.790. The maximum Gasteiger partial charge on any atom is 0.306 e. The van der Waals surface area contributed by atoms with Gasteiger partial charge in [-0.15, -0.1) is 0 Å². The van der Waals surface area contributed by atoms with Crippen LogP contribution >= 0.6 is 0 Å². The molecule has 1 saturated carbocycles. The van der Waals surface area contributed by atoms with Crippen LogP contribution in [0.25, 0.3) is 0 Å². The highest BCUT2D eigenvalue weighted by Gasteiger charge is 2.51. The highest BCUT2D eigenvalue weighted by atomic mass is 19.3. The van der Waals surface area contributed by atoms with Crippen LogP contribution in [0.4, 0.5) is 8.78 Å². The van der Waals surface area contributed by atoms with E-state index in [1.54, 1.807) is 0 Å². The van der Waals surface area contributed by atoms with Crippen LogP contribution in [0.15, 0.2) is 0 Å². The van der Waals surface area contributed by atoms with Gasteiger partial charge in [-0.2, -0.15) is 0 Å². The summed E-state index contributed by atoms with van der Waals surface area (Å²) < 4.78 is 45.9. The zero-order chi connectivity index (χ0) is 20.9. The van der Waals surface area contributed by atoms with Crippen molar-refractivity contribution < 1.29 is 32.9 Å². The van der Waals surface area contributed by atoms with E-state index in [9.17, 15) is 18.7 Å². The fourth-order valence-electron chi connectivity index (χ4n) is 5.04. The first kappa shape index (κ1) is 22.9. The largest absolute Gasteiger partial charge is 0.462 e. The number of unbranched alkanes of at least 4 members (excludes halogenated alkanes) is 3. The van der Waals surface area contributed by atoms with Gasteiger partial charge in [0.25, 0.3) is 5.92 Å². The second-order valence-electron chi connectivity index (χ2n) is 8.93. The van der Waals surface area contributed by atoms with Crippen LogP contribution in [-0.2, 0) is 19.0 Å². The Kier molecular flexibility index (Phi) is 8.28. The molecule has 0 aromatic rings. The fourth-order valence-corrected chi connectivity index (χ4v) is 5.04. The van der Waals surface area contributed by atoms with E-state index in [-0.39, 0.29) is 49.1 Å². The fraction of sp³-hybridized carbons (Fsp3) is 0.955. The van der Waals surface area contributed by atoms with E-state index in [2.05, 4.69) is 0 Å². The Morgan fingerprint density at radius 2 is 2.10 bits per heavy atom. The van der Waals surface area contributed by atoms with Crippen LogP contribution in [0.5, 0.6) is 0 Å². The molecule has 2 aliphatic heterocycles. The summed E-state index contributed by atoms with van der Waals surface area (Å²) in [6.07, 6.45) is 4.76. The Labute approximate surface area is 172 Å². The van der Waals surface area contributed by atoms with Crippen molar-refractivity contribution in [3.8, 4) is 0 Å². The zero-order valence-corrected chi connectivity index (χ0v) is 17.5. The molecular formula is C22H36F2O5. The average molecular weight is 419 g/mol. The van der Waals surface area contributed by atoms with Crippen molar-refractivity contribution in [3.63, 3.8) is 0 Å². The SMILES string of the molecule is CCCCCCC(F)(F)C(O)CC[C@H]1[C@H](OC2CCCCO2)CC2OC(=O)C[C@@H]21. The highest BCUT2D eigenvalue weighted by Crippen LogP contribution is 2.46. The third kappa shape index (κ3) is 6.11. The Morgan fingerprint density at radius 3 is 2.83 bits per heavy atom. The minimum atomic E-state index is -3.07. The van der Waals surface area contributed by atoms with Gasteiger partial charge in [-0.05, 0) is 44.4 Å². The molecule has 0 aromatic carbocycles. The van der Waals surface area contributed by atoms with E-state index < -0.39 is 12.0 Å².